The molecular weight excluding hydrogens is 320 g/mol. The SMILES string of the molecule is CC(C)(C)OC(=O)Nc1ccc(CO)c(NC(=O)c2ccccc2)c1. The van der Waals surface area contributed by atoms with Crippen molar-refractivity contribution >= 4 is 23.4 Å². The first kappa shape index (κ1) is 18.5. The molecule has 0 aliphatic rings. The summed E-state index contributed by atoms with van der Waals surface area (Å²) in [5.41, 5.74) is 1.30. The molecule has 0 aliphatic carbocycles. The molecule has 25 heavy (non-hydrogen) atoms. The van der Waals surface area contributed by atoms with Crippen LogP contribution in [0.2, 0.25) is 0 Å². The minimum Gasteiger partial charge on any atom is -0.444 e. The van der Waals surface area contributed by atoms with Gasteiger partial charge in [0.05, 0.1) is 6.61 Å². The molecule has 0 aromatic heterocycles. The molecule has 6 nitrogen and oxygen atoms in total. The van der Waals surface area contributed by atoms with Gasteiger partial charge >= 0.3 is 6.09 Å². The molecule has 2 aromatic carbocycles. The Morgan fingerprint density at radius 1 is 1.04 bits per heavy atom. The van der Waals surface area contributed by atoms with E-state index in [0.717, 1.165) is 0 Å². The van der Waals surface area contributed by atoms with Crippen molar-refractivity contribution in [3.63, 3.8) is 0 Å². The zero-order valence-corrected chi connectivity index (χ0v) is 14.5. The summed E-state index contributed by atoms with van der Waals surface area (Å²) in [6.45, 7) is 5.07. The highest BCUT2D eigenvalue weighted by atomic mass is 16.6. The maximum absolute atomic E-state index is 12.3. The van der Waals surface area contributed by atoms with Crippen LogP contribution in [0.1, 0.15) is 36.7 Å². The third-order valence-corrected chi connectivity index (χ3v) is 3.21. The molecule has 0 saturated carbocycles. The summed E-state index contributed by atoms with van der Waals surface area (Å²) in [6.07, 6.45) is -0.593. The van der Waals surface area contributed by atoms with E-state index < -0.39 is 11.7 Å². The number of carbonyl (C=O) groups is 2. The number of ether oxygens (including phenoxy) is 1. The van der Waals surface area contributed by atoms with Gasteiger partial charge in [-0.2, -0.15) is 0 Å². The summed E-state index contributed by atoms with van der Waals surface area (Å²) in [4.78, 5) is 24.2. The van der Waals surface area contributed by atoms with E-state index in [4.69, 9.17) is 4.74 Å². The fourth-order valence-corrected chi connectivity index (χ4v) is 2.11. The molecule has 0 bridgehead atoms. The smallest absolute Gasteiger partial charge is 0.412 e. The molecule has 0 heterocycles. The fourth-order valence-electron chi connectivity index (χ4n) is 2.11. The second kappa shape index (κ2) is 7.81. The van der Waals surface area contributed by atoms with Crippen molar-refractivity contribution in [1.29, 1.82) is 0 Å². The van der Waals surface area contributed by atoms with E-state index in [2.05, 4.69) is 10.6 Å². The Kier molecular flexibility index (Phi) is 5.77. The minimum absolute atomic E-state index is 0.239. The zero-order chi connectivity index (χ0) is 18.4. The number of amides is 2. The number of hydrogen-bond acceptors (Lipinski definition) is 4. The van der Waals surface area contributed by atoms with Crippen molar-refractivity contribution in [3.8, 4) is 0 Å². The van der Waals surface area contributed by atoms with E-state index in [1.54, 1.807) is 63.2 Å². The van der Waals surface area contributed by atoms with Crippen LogP contribution >= 0.6 is 0 Å². The first-order valence-corrected chi connectivity index (χ1v) is 7.88. The van der Waals surface area contributed by atoms with Crippen molar-refractivity contribution in [3.05, 3.63) is 59.7 Å². The highest BCUT2D eigenvalue weighted by Gasteiger charge is 2.17. The maximum atomic E-state index is 12.3. The molecule has 0 spiro atoms. The van der Waals surface area contributed by atoms with Gasteiger partial charge in [-0.1, -0.05) is 24.3 Å². The minimum atomic E-state index is -0.612. The van der Waals surface area contributed by atoms with Crippen molar-refractivity contribution in [2.45, 2.75) is 33.0 Å². The van der Waals surface area contributed by atoms with Gasteiger partial charge in [0.2, 0.25) is 0 Å². The molecule has 2 aromatic rings. The highest BCUT2D eigenvalue weighted by molar-refractivity contribution is 6.05. The van der Waals surface area contributed by atoms with Crippen LogP contribution in [0.15, 0.2) is 48.5 Å². The van der Waals surface area contributed by atoms with E-state index in [-0.39, 0.29) is 12.5 Å². The number of anilines is 2. The van der Waals surface area contributed by atoms with Crippen molar-refractivity contribution in [2.75, 3.05) is 10.6 Å². The number of aliphatic hydroxyl groups is 1. The van der Waals surface area contributed by atoms with Gasteiger partial charge in [-0.3, -0.25) is 10.1 Å². The second-order valence-electron chi connectivity index (χ2n) is 6.48. The summed E-state index contributed by atoms with van der Waals surface area (Å²) in [5, 5.41) is 14.8. The van der Waals surface area contributed by atoms with Crippen LogP contribution in [0.5, 0.6) is 0 Å². The normalized spacial score (nSPS) is 10.9. The molecule has 0 fully saturated rings. The van der Waals surface area contributed by atoms with Crippen molar-refractivity contribution in [2.24, 2.45) is 0 Å². The summed E-state index contributed by atoms with van der Waals surface area (Å²) in [5.74, 6) is -0.301. The molecule has 132 valence electrons. The number of benzene rings is 2. The molecular formula is C19H22N2O4. The number of nitrogens with one attached hydrogen (secondary N) is 2. The Hall–Kier alpha value is -2.86. The second-order valence-corrected chi connectivity index (χ2v) is 6.48. The summed E-state index contributed by atoms with van der Waals surface area (Å²) in [7, 11) is 0. The van der Waals surface area contributed by atoms with E-state index in [1.165, 1.54) is 0 Å². The third kappa shape index (κ3) is 5.61. The maximum Gasteiger partial charge on any atom is 0.412 e. The average Bonchev–Trinajstić information content (AvgIpc) is 2.54. The lowest BCUT2D eigenvalue weighted by atomic mass is 10.1. The van der Waals surface area contributed by atoms with Crippen LogP contribution in [-0.4, -0.2) is 22.7 Å². The van der Waals surface area contributed by atoms with Crippen LogP contribution in [0, 0.1) is 0 Å². The van der Waals surface area contributed by atoms with Gasteiger partial charge < -0.3 is 15.2 Å². The van der Waals surface area contributed by atoms with Crippen molar-refractivity contribution in [1.82, 2.24) is 0 Å². The molecule has 0 unspecified atom stereocenters. The lowest BCUT2D eigenvalue weighted by molar-refractivity contribution is 0.0636. The van der Waals surface area contributed by atoms with E-state index >= 15 is 0 Å². The van der Waals surface area contributed by atoms with Crippen LogP contribution in [0.25, 0.3) is 0 Å². The molecule has 0 saturated heterocycles. The molecule has 0 atom stereocenters. The van der Waals surface area contributed by atoms with Crippen LogP contribution < -0.4 is 10.6 Å². The Balaban J connectivity index is 2.17. The van der Waals surface area contributed by atoms with E-state index in [1.807, 2.05) is 6.07 Å². The standard InChI is InChI=1S/C19H22N2O4/c1-19(2,3)25-18(24)20-15-10-9-14(12-22)16(11-15)21-17(23)13-7-5-4-6-8-13/h4-11,22H,12H2,1-3H3,(H,20,24)(H,21,23). The van der Waals surface area contributed by atoms with Gasteiger partial charge in [0.1, 0.15) is 5.60 Å². The molecule has 0 aliphatic heterocycles. The van der Waals surface area contributed by atoms with Gasteiger partial charge in [-0.05, 0) is 45.0 Å². The van der Waals surface area contributed by atoms with Crippen LogP contribution in [0.3, 0.4) is 0 Å². The number of hydrogen-bond donors (Lipinski definition) is 3. The van der Waals surface area contributed by atoms with Gasteiger partial charge in [0.15, 0.2) is 0 Å². The summed E-state index contributed by atoms with van der Waals surface area (Å²) < 4.78 is 5.20. The van der Waals surface area contributed by atoms with Crippen molar-refractivity contribution < 1.29 is 19.4 Å². The quantitative estimate of drug-likeness (QED) is 0.789. The Labute approximate surface area is 146 Å². The molecule has 2 amide bonds. The summed E-state index contributed by atoms with van der Waals surface area (Å²) >= 11 is 0. The largest absolute Gasteiger partial charge is 0.444 e. The third-order valence-electron chi connectivity index (χ3n) is 3.21. The first-order chi connectivity index (χ1) is 11.8. The van der Waals surface area contributed by atoms with E-state index in [9.17, 15) is 14.7 Å². The number of aliphatic hydroxyl groups excluding tert-OH is 1. The molecule has 6 heteroatoms. The highest BCUT2D eigenvalue weighted by Crippen LogP contribution is 2.22. The van der Waals surface area contributed by atoms with Crippen LogP contribution in [0.4, 0.5) is 16.2 Å². The summed E-state index contributed by atoms with van der Waals surface area (Å²) in [6, 6.07) is 13.6. The lowest BCUT2D eigenvalue weighted by Gasteiger charge is -2.20. The van der Waals surface area contributed by atoms with Gasteiger partial charge in [0.25, 0.3) is 5.91 Å². The molecule has 0 radical (unpaired) electrons. The predicted molar refractivity (Wildman–Crippen MR) is 96.6 cm³/mol. The number of rotatable bonds is 4. The predicted octanol–water partition coefficient (Wildman–Crippen LogP) is 3.78. The fraction of sp³-hybridized carbons (Fsp3) is 0.263. The average molecular weight is 342 g/mol. The lowest BCUT2D eigenvalue weighted by Crippen LogP contribution is -2.27. The van der Waals surface area contributed by atoms with Gasteiger partial charge in [0, 0.05) is 22.5 Å². The van der Waals surface area contributed by atoms with Gasteiger partial charge in [-0.15, -0.1) is 0 Å². The van der Waals surface area contributed by atoms with Gasteiger partial charge in [-0.25, -0.2) is 4.79 Å². The molecule has 2 rings (SSSR count). The zero-order valence-electron chi connectivity index (χ0n) is 14.5. The first-order valence-electron chi connectivity index (χ1n) is 7.88. The topological polar surface area (TPSA) is 87.7 Å². The Bertz CT molecular complexity index is 752. The van der Waals surface area contributed by atoms with Crippen LogP contribution in [-0.2, 0) is 11.3 Å². The Morgan fingerprint density at radius 2 is 1.72 bits per heavy atom. The monoisotopic (exact) mass is 342 g/mol. The van der Waals surface area contributed by atoms with E-state index in [0.29, 0.717) is 22.5 Å². The number of carbonyl (C=O) groups excluding carboxylic acids is 2. The Morgan fingerprint density at radius 3 is 2.32 bits per heavy atom. The molecule has 3 N–H and O–H groups in total.